The van der Waals surface area contributed by atoms with E-state index in [1.54, 1.807) is 19.1 Å². The number of hydrogen-bond donors (Lipinski definition) is 2. The monoisotopic (exact) mass is 404 g/mol. The molecule has 0 bridgehead atoms. The summed E-state index contributed by atoms with van der Waals surface area (Å²) in [6.45, 7) is 3.01. The highest BCUT2D eigenvalue weighted by Gasteiger charge is 2.60. The third-order valence-corrected chi connectivity index (χ3v) is 5.93. The van der Waals surface area contributed by atoms with E-state index in [0.29, 0.717) is 5.57 Å². The zero-order valence-electron chi connectivity index (χ0n) is 15.7. The van der Waals surface area contributed by atoms with Crippen LogP contribution in [-0.4, -0.2) is 83.2 Å². The second kappa shape index (κ2) is 6.49. The van der Waals surface area contributed by atoms with E-state index >= 15 is 0 Å². The molecule has 0 aromatic carbocycles. The van der Waals surface area contributed by atoms with Gasteiger partial charge in [-0.15, -0.1) is 0 Å². The molecule has 3 aliphatic heterocycles. The summed E-state index contributed by atoms with van der Waals surface area (Å²) in [5.74, 6) is -1.23. The maximum atomic E-state index is 12.6. The molecule has 0 amide bonds. The molecule has 8 atom stereocenters. The number of ketones is 3. The topological polar surface area (TPSA) is 135 Å². The molecule has 0 saturated carbocycles. The second-order valence-corrected chi connectivity index (χ2v) is 7.71. The third kappa shape index (κ3) is 2.73. The molecule has 29 heavy (non-hydrogen) atoms. The molecule has 9 heteroatoms. The van der Waals surface area contributed by atoms with Gasteiger partial charge in [0.2, 0.25) is 0 Å². The van der Waals surface area contributed by atoms with Gasteiger partial charge in [-0.1, -0.05) is 12.2 Å². The van der Waals surface area contributed by atoms with Crippen LogP contribution in [-0.2, 0) is 33.3 Å². The molecule has 0 aromatic rings. The Morgan fingerprint density at radius 1 is 0.931 bits per heavy atom. The predicted octanol–water partition coefficient (Wildman–Crippen LogP) is -1.09. The number of allylic oxidation sites excluding steroid dienone is 1. The van der Waals surface area contributed by atoms with E-state index in [9.17, 15) is 24.6 Å². The van der Waals surface area contributed by atoms with E-state index < -0.39 is 60.6 Å². The normalized spacial score (nSPS) is 43.5. The Kier molecular flexibility index (Phi) is 4.25. The number of hydrogen-bond acceptors (Lipinski definition) is 9. The van der Waals surface area contributed by atoms with Gasteiger partial charge >= 0.3 is 0 Å². The number of Topliss-reactive ketones (excluding diaryl/α,β-unsaturated/α-hetero) is 3. The lowest BCUT2D eigenvalue weighted by atomic mass is 9.83. The molecule has 2 N–H and O–H groups in total. The molecule has 2 aliphatic carbocycles. The van der Waals surface area contributed by atoms with Crippen molar-refractivity contribution in [3.05, 3.63) is 34.4 Å². The number of fused-ring (bicyclic) bond motifs is 2. The molecule has 2 fully saturated rings. The van der Waals surface area contributed by atoms with Crippen molar-refractivity contribution in [2.45, 2.75) is 62.9 Å². The Hall–Kier alpha value is -2.01. The fourth-order valence-corrected chi connectivity index (χ4v) is 4.30. The van der Waals surface area contributed by atoms with Crippen molar-refractivity contribution in [1.29, 1.82) is 0 Å². The van der Waals surface area contributed by atoms with E-state index in [2.05, 4.69) is 0 Å². The highest BCUT2D eigenvalue weighted by atomic mass is 16.7. The summed E-state index contributed by atoms with van der Waals surface area (Å²) < 4.78 is 21.8. The lowest BCUT2D eigenvalue weighted by Crippen LogP contribution is -2.48. The van der Waals surface area contributed by atoms with E-state index in [-0.39, 0.29) is 29.1 Å². The fraction of sp³-hybridized carbons (Fsp3) is 0.550. The van der Waals surface area contributed by atoms with Crippen molar-refractivity contribution < 1.29 is 43.5 Å². The Balaban J connectivity index is 1.45. The van der Waals surface area contributed by atoms with Crippen LogP contribution in [0.1, 0.15) is 13.8 Å². The lowest BCUT2D eigenvalue weighted by molar-refractivity contribution is -0.168. The minimum atomic E-state index is -1.23. The molecule has 0 aromatic heterocycles. The average molecular weight is 404 g/mol. The second-order valence-electron chi connectivity index (χ2n) is 7.71. The lowest BCUT2D eigenvalue weighted by Gasteiger charge is -2.34. The maximum absolute atomic E-state index is 12.6. The van der Waals surface area contributed by atoms with Crippen LogP contribution in [0, 0.1) is 0 Å². The van der Waals surface area contributed by atoms with Crippen molar-refractivity contribution in [2.24, 2.45) is 0 Å². The first-order chi connectivity index (χ1) is 13.8. The van der Waals surface area contributed by atoms with Gasteiger partial charge in [0.25, 0.3) is 0 Å². The quantitative estimate of drug-likeness (QED) is 0.560. The summed E-state index contributed by atoms with van der Waals surface area (Å²) in [7, 11) is 0. The Morgan fingerprint density at radius 2 is 1.59 bits per heavy atom. The maximum Gasteiger partial charge on any atom is 0.195 e. The van der Waals surface area contributed by atoms with Gasteiger partial charge < -0.3 is 29.2 Å². The van der Waals surface area contributed by atoms with Gasteiger partial charge in [0, 0.05) is 11.1 Å². The molecule has 5 rings (SSSR count). The number of ether oxygens (including phenoxy) is 4. The van der Waals surface area contributed by atoms with Crippen molar-refractivity contribution in [1.82, 2.24) is 0 Å². The third-order valence-electron chi connectivity index (χ3n) is 5.93. The Bertz CT molecular complexity index is 913. The van der Waals surface area contributed by atoms with Gasteiger partial charge in [-0.2, -0.15) is 0 Å². The minimum absolute atomic E-state index is 0.0410. The number of aliphatic hydroxyl groups excluding tert-OH is 2. The summed E-state index contributed by atoms with van der Waals surface area (Å²) in [5.41, 5.74) is 0.526. The zero-order chi connectivity index (χ0) is 20.6. The van der Waals surface area contributed by atoms with Crippen molar-refractivity contribution in [3.8, 4) is 0 Å². The summed E-state index contributed by atoms with van der Waals surface area (Å²) in [5, 5.41) is 20.8. The van der Waals surface area contributed by atoms with E-state index in [0.717, 1.165) is 0 Å². The molecule has 0 spiro atoms. The van der Waals surface area contributed by atoms with Gasteiger partial charge in [-0.25, -0.2) is 0 Å². The molecule has 9 nitrogen and oxygen atoms in total. The van der Waals surface area contributed by atoms with E-state index in [1.165, 1.54) is 6.92 Å². The smallest absolute Gasteiger partial charge is 0.195 e. The van der Waals surface area contributed by atoms with Crippen molar-refractivity contribution in [3.63, 3.8) is 0 Å². The standard InChI is InChI=1S/C20H20O9/c1-3-4-7-8(13(23)17-16(28-17)12(7)22)5-26-20-10-9(11(21)6(2)27-20)14(24)18-19(29-18)15(10)25/h3-4,6,12,14,16-20,22,24H,5H2,1-2H3/b4-3+/t6-,12+,14+,16-,17+,18-,19+,20+/m0/s1. The summed E-state index contributed by atoms with van der Waals surface area (Å²) in [4.78, 5) is 37.7. The first kappa shape index (κ1) is 19.0. The van der Waals surface area contributed by atoms with Crippen LogP contribution in [0.5, 0.6) is 0 Å². The highest BCUT2D eigenvalue weighted by Crippen LogP contribution is 2.43. The van der Waals surface area contributed by atoms with Crippen LogP contribution in [0.3, 0.4) is 0 Å². The summed E-state index contributed by atoms with van der Waals surface area (Å²) in [6, 6.07) is 0. The van der Waals surface area contributed by atoms with Gasteiger partial charge in [0.1, 0.15) is 42.7 Å². The van der Waals surface area contributed by atoms with Crippen LogP contribution in [0.2, 0.25) is 0 Å². The number of carbonyl (C=O) groups excluding carboxylic acids is 3. The van der Waals surface area contributed by atoms with Crippen LogP contribution in [0.25, 0.3) is 0 Å². The molecule has 3 heterocycles. The average Bonchev–Trinajstić information content (AvgIpc) is 3.59. The SMILES string of the molecule is C/C=C/C1=C(CO[C@@H]2O[C@@H](C)C(=O)C3=C2C(=O)[C@H]2O[C@H]2[C@@H]3O)C(=O)[C@H]2O[C@H]2[C@@H]1O. The molecule has 154 valence electrons. The molecule has 5 aliphatic rings. The first-order valence-corrected chi connectivity index (χ1v) is 9.51. The van der Waals surface area contributed by atoms with Crippen LogP contribution < -0.4 is 0 Å². The molecule has 0 unspecified atom stereocenters. The van der Waals surface area contributed by atoms with E-state index in [1.807, 2.05) is 0 Å². The predicted molar refractivity (Wildman–Crippen MR) is 93.5 cm³/mol. The molecule has 0 radical (unpaired) electrons. The zero-order valence-corrected chi connectivity index (χ0v) is 15.7. The fourth-order valence-electron chi connectivity index (χ4n) is 4.30. The van der Waals surface area contributed by atoms with Crippen molar-refractivity contribution in [2.75, 3.05) is 6.61 Å². The minimum Gasteiger partial charge on any atom is -0.386 e. The summed E-state index contributed by atoms with van der Waals surface area (Å²) >= 11 is 0. The van der Waals surface area contributed by atoms with Gasteiger partial charge in [-0.05, 0) is 19.4 Å². The molecular formula is C20H20O9. The van der Waals surface area contributed by atoms with Crippen molar-refractivity contribution >= 4 is 17.3 Å². The summed E-state index contributed by atoms with van der Waals surface area (Å²) in [6.07, 6.45) is -3.77. The van der Waals surface area contributed by atoms with Crippen LogP contribution >= 0.6 is 0 Å². The number of carbonyl (C=O) groups is 3. The highest BCUT2D eigenvalue weighted by molar-refractivity contribution is 6.14. The Morgan fingerprint density at radius 3 is 2.28 bits per heavy atom. The largest absolute Gasteiger partial charge is 0.386 e. The van der Waals surface area contributed by atoms with Crippen LogP contribution in [0.4, 0.5) is 0 Å². The van der Waals surface area contributed by atoms with Gasteiger partial charge in [-0.3, -0.25) is 14.4 Å². The van der Waals surface area contributed by atoms with Crippen LogP contribution in [0.15, 0.2) is 34.4 Å². The first-order valence-electron chi connectivity index (χ1n) is 9.51. The van der Waals surface area contributed by atoms with Gasteiger partial charge in [0.15, 0.2) is 23.6 Å². The Labute approximate surface area is 165 Å². The number of rotatable bonds is 4. The van der Waals surface area contributed by atoms with E-state index in [4.69, 9.17) is 18.9 Å². The number of epoxide rings is 2. The van der Waals surface area contributed by atoms with Gasteiger partial charge in [0.05, 0.1) is 12.2 Å². The number of aliphatic hydroxyl groups is 2. The molecule has 2 saturated heterocycles. The molecular weight excluding hydrogens is 384 g/mol.